The first-order chi connectivity index (χ1) is 8.84. The Morgan fingerprint density at radius 3 is 2.78 bits per heavy atom. The van der Waals surface area contributed by atoms with Crippen molar-refractivity contribution >= 4 is 22.6 Å². The van der Waals surface area contributed by atoms with Crippen molar-refractivity contribution in [1.82, 2.24) is 30.4 Å². The SMILES string of the molecule is Ic1c(-c2nn[nH]n2)cnn1Cc1ccccc1. The highest BCUT2D eigenvalue weighted by molar-refractivity contribution is 14.1. The van der Waals surface area contributed by atoms with E-state index in [0.29, 0.717) is 5.82 Å². The van der Waals surface area contributed by atoms with Crippen LogP contribution >= 0.6 is 22.6 Å². The minimum Gasteiger partial charge on any atom is -0.254 e. The van der Waals surface area contributed by atoms with E-state index in [0.717, 1.165) is 15.8 Å². The zero-order valence-corrected chi connectivity index (χ0v) is 11.4. The summed E-state index contributed by atoms with van der Waals surface area (Å²) < 4.78 is 2.92. The van der Waals surface area contributed by atoms with Crippen LogP contribution in [0.5, 0.6) is 0 Å². The maximum absolute atomic E-state index is 4.35. The molecule has 0 unspecified atom stereocenters. The number of nitrogens with zero attached hydrogens (tertiary/aromatic N) is 5. The number of aromatic nitrogens is 6. The number of aromatic amines is 1. The summed E-state index contributed by atoms with van der Waals surface area (Å²) in [7, 11) is 0. The van der Waals surface area contributed by atoms with Gasteiger partial charge >= 0.3 is 0 Å². The van der Waals surface area contributed by atoms with Gasteiger partial charge in [-0.1, -0.05) is 30.3 Å². The fourth-order valence-electron chi connectivity index (χ4n) is 1.66. The molecule has 0 amide bonds. The topological polar surface area (TPSA) is 72.3 Å². The third kappa shape index (κ3) is 2.13. The maximum Gasteiger partial charge on any atom is 0.208 e. The Morgan fingerprint density at radius 1 is 1.22 bits per heavy atom. The molecule has 0 spiro atoms. The van der Waals surface area contributed by atoms with Crippen molar-refractivity contribution in [2.45, 2.75) is 6.54 Å². The fraction of sp³-hybridized carbons (Fsp3) is 0.0909. The Labute approximate surface area is 117 Å². The zero-order valence-electron chi connectivity index (χ0n) is 9.29. The highest BCUT2D eigenvalue weighted by Crippen LogP contribution is 2.21. The van der Waals surface area contributed by atoms with E-state index >= 15 is 0 Å². The van der Waals surface area contributed by atoms with Crippen LogP contribution < -0.4 is 0 Å². The molecule has 18 heavy (non-hydrogen) atoms. The number of nitrogens with one attached hydrogen (secondary N) is 1. The van der Waals surface area contributed by atoms with Crippen molar-refractivity contribution in [2.75, 3.05) is 0 Å². The number of halogens is 1. The summed E-state index contributed by atoms with van der Waals surface area (Å²) in [4.78, 5) is 0. The lowest BCUT2D eigenvalue weighted by Gasteiger charge is -2.03. The van der Waals surface area contributed by atoms with Gasteiger partial charge in [0, 0.05) is 0 Å². The van der Waals surface area contributed by atoms with E-state index < -0.39 is 0 Å². The number of hydrogen-bond donors (Lipinski definition) is 1. The molecule has 0 saturated heterocycles. The Kier molecular flexibility index (Phi) is 3.05. The smallest absolute Gasteiger partial charge is 0.208 e. The van der Waals surface area contributed by atoms with E-state index in [1.165, 1.54) is 5.56 Å². The van der Waals surface area contributed by atoms with Gasteiger partial charge in [0.05, 0.1) is 18.3 Å². The Balaban J connectivity index is 1.91. The van der Waals surface area contributed by atoms with Crippen molar-refractivity contribution in [1.29, 1.82) is 0 Å². The minimum atomic E-state index is 0.568. The van der Waals surface area contributed by atoms with Crippen molar-refractivity contribution in [3.05, 3.63) is 45.8 Å². The van der Waals surface area contributed by atoms with Crippen LogP contribution in [-0.2, 0) is 6.54 Å². The number of benzene rings is 1. The molecule has 0 aliphatic rings. The van der Waals surface area contributed by atoms with Crippen molar-refractivity contribution in [3.63, 3.8) is 0 Å². The summed E-state index contributed by atoms with van der Waals surface area (Å²) in [6.45, 7) is 0.733. The summed E-state index contributed by atoms with van der Waals surface area (Å²) >= 11 is 2.24. The van der Waals surface area contributed by atoms with Gasteiger partial charge < -0.3 is 0 Å². The summed E-state index contributed by atoms with van der Waals surface area (Å²) in [6.07, 6.45) is 1.76. The second kappa shape index (κ2) is 4.84. The minimum absolute atomic E-state index is 0.568. The van der Waals surface area contributed by atoms with Gasteiger partial charge in [0.25, 0.3) is 0 Å². The van der Waals surface area contributed by atoms with Crippen LogP contribution in [0.15, 0.2) is 36.5 Å². The van der Waals surface area contributed by atoms with Crippen LogP contribution in [0.4, 0.5) is 0 Å². The summed E-state index contributed by atoms with van der Waals surface area (Å²) in [5.41, 5.74) is 2.10. The first-order valence-electron chi connectivity index (χ1n) is 5.33. The lowest BCUT2D eigenvalue weighted by atomic mass is 10.2. The number of hydrogen-bond acceptors (Lipinski definition) is 4. The quantitative estimate of drug-likeness (QED) is 0.729. The Hall–Kier alpha value is -1.77. The molecule has 0 atom stereocenters. The molecule has 6 nitrogen and oxygen atoms in total. The normalized spacial score (nSPS) is 10.7. The Morgan fingerprint density at radius 2 is 2.06 bits per heavy atom. The van der Waals surface area contributed by atoms with Gasteiger partial charge in [-0.3, -0.25) is 4.68 Å². The van der Waals surface area contributed by atoms with E-state index in [4.69, 9.17) is 0 Å². The molecule has 0 aliphatic carbocycles. The van der Waals surface area contributed by atoms with Gasteiger partial charge in [0.2, 0.25) is 5.82 Å². The monoisotopic (exact) mass is 352 g/mol. The van der Waals surface area contributed by atoms with Gasteiger partial charge in [-0.25, -0.2) is 0 Å². The zero-order chi connectivity index (χ0) is 12.4. The van der Waals surface area contributed by atoms with E-state index in [1.54, 1.807) is 6.20 Å². The van der Waals surface area contributed by atoms with Crippen molar-refractivity contribution < 1.29 is 0 Å². The van der Waals surface area contributed by atoms with E-state index in [1.807, 2.05) is 22.9 Å². The lowest BCUT2D eigenvalue weighted by Crippen LogP contribution is -2.03. The van der Waals surface area contributed by atoms with Crippen LogP contribution in [0.1, 0.15) is 5.56 Å². The summed E-state index contributed by atoms with van der Waals surface area (Å²) in [6, 6.07) is 10.2. The fourth-order valence-corrected chi connectivity index (χ4v) is 2.34. The van der Waals surface area contributed by atoms with Gasteiger partial charge in [-0.2, -0.15) is 10.3 Å². The largest absolute Gasteiger partial charge is 0.254 e. The summed E-state index contributed by atoms with van der Waals surface area (Å²) in [5, 5.41) is 18.3. The van der Waals surface area contributed by atoms with E-state index in [-0.39, 0.29) is 0 Å². The molecule has 2 heterocycles. The molecule has 3 rings (SSSR count). The predicted octanol–water partition coefficient (Wildman–Crippen LogP) is 1.72. The van der Waals surface area contributed by atoms with Gasteiger partial charge in [0.15, 0.2) is 0 Å². The standard InChI is InChI=1S/C11H9IN6/c12-10-9(11-14-16-17-15-11)6-13-18(10)7-8-4-2-1-3-5-8/h1-6H,7H2,(H,14,15,16,17). The first-order valence-corrected chi connectivity index (χ1v) is 6.41. The molecule has 1 N–H and O–H groups in total. The predicted molar refractivity (Wildman–Crippen MR) is 73.7 cm³/mol. The molecule has 3 aromatic rings. The van der Waals surface area contributed by atoms with Crippen LogP contribution in [0.25, 0.3) is 11.4 Å². The molecular weight excluding hydrogens is 343 g/mol. The molecule has 0 aliphatic heterocycles. The lowest BCUT2D eigenvalue weighted by molar-refractivity contribution is 0.670. The second-order valence-corrected chi connectivity index (χ2v) is 4.75. The highest BCUT2D eigenvalue weighted by atomic mass is 127. The average Bonchev–Trinajstić information content (AvgIpc) is 3.02. The average molecular weight is 352 g/mol. The van der Waals surface area contributed by atoms with Crippen LogP contribution in [-0.4, -0.2) is 30.4 Å². The summed E-state index contributed by atoms with van der Waals surface area (Å²) in [5.74, 6) is 0.568. The third-order valence-electron chi connectivity index (χ3n) is 2.54. The van der Waals surface area contributed by atoms with Gasteiger partial charge in [-0.05, 0) is 33.4 Å². The van der Waals surface area contributed by atoms with E-state index in [2.05, 4.69) is 60.4 Å². The van der Waals surface area contributed by atoms with Crippen LogP contribution in [0.2, 0.25) is 0 Å². The third-order valence-corrected chi connectivity index (χ3v) is 3.67. The molecule has 0 bridgehead atoms. The molecule has 0 fully saturated rings. The number of rotatable bonds is 3. The van der Waals surface area contributed by atoms with Crippen molar-refractivity contribution in [2.24, 2.45) is 0 Å². The first kappa shape index (κ1) is 11.3. The van der Waals surface area contributed by atoms with Gasteiger partial charge in [-0.15, -0.1) is 10.2 Å². The second-order valence-electron chi connectivity index (χ2n) is 3.73. The maximum atomic E-state index is 4.35. The number of H-pyrrole nitrogens is 1. The number of tetrazole rings is 1. The molecule has 1 aromatic carbocycles. The highest BCUT2D eigenvalue weighted by Gasteiger charge is 2.13. The van der Waals surface area contributed by atoms with Crippen molar-refractivity contribution in [3.8, 4) is 11.4 Å². The molecule has 0 saturated carbocycles. The van der Waals surface area contributed by atoms with Crippen LogP contribution in [0.3, 0.4) is 0 Å². The molecule has 90 valence electrons. The molecule has 7 heteroatoms. The molecule has 0 radical (unpaired) electrons. The van der Waals surface area contributed by atoms with Gasteiger partial charge in [0.1, 0.15) is 3.70 Å². The molecular formula is C11H9IN6. The Bertz CT molecular complexity index is 631. The molecule has 2 aromatic heterocycles. The van der Waals surface area contributed by atoms with Crippen LogP contribution in [0, 0.1) is 3.70 Å². The van der Waals surface area contributed by atoms with E-state index in [9.17, 15) is 0 Å².